The van der Waals surface area contributed by atoms with Crippen molar-refractivity contribution < 1.29 is 9.59 Å². The van der Waals surface area contributed by atoms with E-state index >= 15 is 0 Å². The maximum Gasteiger partial charge on any atom is 0.251 e. The van der Waals surface area contributed by atoms with E-state index in [1.54, 1.807) is 38.4 Å². The standard InChI is InChI=1S/C12H14N6O2S/c1-13-11(20)8-3-5-9(6-4-8)14-10(19)7-21-12-15-16-17-18(12)2/h3-6H,7H2,1-2H3,(H,13,20)(H,14,19). The Morgan fingerprint density at radius 2 is 2.00 bits per heavy atom. The van der Waals surface area contributed by atoms with Crippen LogP contribution in [0, 0.1) is 0 Å². The van der Waals surface area contributed by atoms with Gasteiger partial charge in [0, 0.05) is 25.3 Å². The van der Waals surface area contributed by atoms with Crippen molar-refractivity contribution in [2.75, 3.05) is 18.1 Å². The van der Waals surface area contributed by atoms with Gasteiger partial charge in [0.2, 0.25) is 11.1 Å². The van der Waals surface area contributed by atoms with E-state index in [0.717, 1.165) is 0 Å². The van der Waals surface area contributed by atoms with E-state index < -0.39 is 0 Å². The highest BCUT2D eigenvalue weighted by molar-refractivity contribution is 7.99. The summed E-state index contributed by atoms with van der Waals surface area (Å²) in [6.07, 6.45) is 0. The number of amides is 2. The lowest BCUT2D eigenvalue weighted by Gasteiger charge is -2.05. The van der Waals surface area contributed by atoms with Crippen LogP contribution in [0.25, 0.3) is 0 Å². The van der Waals surface area contributed by atoms with Gasteiger partial charge in [-0.15, -0.1) is 5.10 Å². The van der Waals surface area contributed by atoms with Crippen LogP contribution in [0.1, 0.15) is 10.4 Å². The third kappa shape index (κ3) is 4.02. The zero-order chi connectivity index (χ0) is 15.2. The van der Waals surface area contributed by atoms with Crippen LogP contribution in [0.3, 0.4) is 0 Å². The van der Waals surface area contributed by atoms with Gasteiger partial charge in [-0.2, -0.15) is 0 Å². The van der Waals surface area contributed by atoms with Gasteiger partial charge in [-0.25, -0.2) is 4.68 Å². The van der Waals surface area contributed by atoms with Gasteiger partial charge in [-0.05, 0) is 34.7 Å². The van der Waals surface area contributed by atoms with E-state index in [-0.39, 0.29) is 17.6 Å². The molecule has 110 valence electrons. The molecule has 2 amide bonds. The lowest BCUT2D eigenvalue weighted by molar-refractivity contribution is -0.113. The molecule has 0 aliphatic heterocycles. The van der Waals surface area contributed by atoms with Crippen LogP contribution >= 0.6 is 11.8 Å². The van der Waals surface area contributed by atoms with Gasteiger partial charge in [0.1, 0.15) is 0 Å². The zero-order valence-corrected chi connectivity index (χ0v) is 12.3. The van der Waals surface area contributed by atoms with Crippen molar-refractivity contribution in [3.05, 3.63) is 29.8 Å². The fourth-order valence-corrected chi connectivity index (χ4v) is 2.17. The Kier molecular flexibility index (Phi) is 4.88. The van der Waals surface area contributed by atoms with Crippen LogP contribution in [0.2, 0.25) is 0 Å². The first-order valence-corrected chi connectivity index (χ1v) is 7.06. The third-order valence-corrected chi connectivity index (χ3v) is 3.58. The molecule has 1 aromatic heterocycles. The summed E-state index contributed by atoms with van der Waals surface area (Å²) in [4.78, 5) is 23.2. The van der Waals surface area contributed by atoms with Crippen molar-refractivity contribution in [3.63, 3.8) is 0 Å². The van der Waals surface area contributed by atoms with Crippen molar-refractivity contribution in [1.82, 2.24) is 25.5 Å². The number of anilines is 1. The van der Waals surface area contributed by atoms with Crippen molar-refractivity contribution in [3.8, 4) is 0 Å². The van der Waals surface area contributed by atoms with Crippen molar-refractivity contribution in [2.24, 2.45) is 7.05 Å². The quantitative estimate of drug-likeness (QED) is 0.770. The second-order valence-corrected chi connectivity index (χ2v) is 5.02. The normalized spacial score (nSPS) is 10.2. The summed E-state index contributed by atoms with van der Waals surface area (Å²) in [6.45, 7) is 0. The predicted molar refractivity (Wildman–Crippen MR) is 78.0 cm³/mol. The van der Waals surface area contributed by atoms with Gasteiger partial charge in [-0.1, -0.05) is 11.8 Å². The molecule has 0 bridgehead atoms. The van der Waals surface area contributed by atoms with E-state index in [1.165, 1.54) is 16.4 Å². The molecule has 0 fully saturated rings. The fourth-order valence-electron chi connectivity index (χ4n) is 1.52. The number of rotatable bonds is 5. The Balaban J connectivity index is 1.88. The lowest BCUT2D eigenvalue weighted by atomic mass is 10.2. The topological polar surface area (TPSA) is 102 Å². The molecule has 21 heavy (non-hydrogen) atoms. The van der Waals surface area contributed by atoms with Crippen molar-refractivity contribution in [2.45, 2.75) is 5.16 Å². The molecule has 0 unspecified atom stereocenters. The molecule has 0 saturated heterocycles. The second-order valence-electron chi connectivity index (χ2n) is 4.08. The summed E-state index contributed by atoms with van der Waals surface area (Å²) in [6, 6.07) is 6.65. The highest BCUT2D eigenvalue weighted by Gasteiger charge is 2.08. The molecule has 0 spiro atoms. The Labute approximate surface area is 125 Å². The summed E-state index contributed by atoms with van der Waals surface area (Å²) in [5, 5.41) is 16.8. The molecule has 2 aromatic rings. The van der Waals surface area contributed by atoms with Crippen LogP contribution < -0.4 is 10.6 Å². The zero-order valence-electron chi connectivity index (χ0n) is 11.5. The minimum atomic E-state index is -0.171. The van der Waals surface area contributed by atoms with Crippen LogP contribution in [-0.2, 0) is 11.8 Å². The molecule has 2 N–H and O–H groups in total. The minimum Gasteiger partial charge on any atom is -0.355 e. The summed E-state index contributed by atoms with van der Waals surface area (Å²) < 4.78 is 1.50. The predicted octanol–water partition coefficient (Wildman–Crippen LogP) is 0.300. The van der Waals surface area contributed by atoms with Gasteiger partial charge in [-0.3, -0.25) is 9.59 Å². The van der Waals surface area contributed by atoms with Crippen molar-refractivity contribution >= 4 is 29.3 Å². The number of hydrogen-bond acceptors (Lipinski definition) is 6. The van der Waals surface area contributed by atoms with E-state index in [2.05, 4.69) is 26.2 Å². The molecule has 1 aromatic carbocycles. The number of nitrogens with one attached hydrogen (secondary N) is 2. The molecule has 8 nitrogen and oxygen atoms in total. The van der Waals surface area contributed by atoms with Gasteiger partial charge in [0.15, 0.2) is 0 Å². The molecule has 1 heterocycles. The Hall–Kier alpha value is -2.42. The number of tetrazole rings is 1. The van der Waals surface area contributed by atoms with E-state index in [1.807, 2.05) is 0 Å². The van der Waals surface area contributed by atoms with E-state index in [0.29, 0.717) is 16.4 Å². The molecular weight excluding hydrogens is 292 g/mol. The summed E-state index contributed by atoms with van der Waals surface area (Å²) >= 11 is 1.24. The Bertz CT molecular complexity index is 639. The third-order valence-electron chi connectivity index (χ3n) is 2.57. The molecule has 0 aliphatic rings. The number of nitrogens with zero attached hydrogens (tertiary/aromatic N) is 4. The fraction of sp³-hybridized carbons (Fsp3) is 0.250. The number of hydrogen-bond donors (Lipinski definition) is 2. The van der Waals surface area contributed by atoms with Gasteiger partial charge in [0.25, 0.3) is 5.91 Å². The van der Waals surface area contributed by atoms with Gasteiger partial charge < -0.3 is 10.6 Å². The summed E-state index contributed by atoms with van der Waals surface area (Å²) in [5.74, 6) is -0.139. The number of benzene rings is 1. The number of carbonyl (C=O) groups excluding carboxylic acids is 2. The Morgan fingerprint density at radius 1 is 1.29 bits per heavy atom. The van der Waals surface area contributed by atoms with E-state index in [9.17, 15) is 9.59 Å². The molecule has 0 saturated carbocycles. The van der Waals surface area contributed by atoms with Crippen LogP contribution in [0.5, 0.6) is 0 Å². The maximum atomic E-state index is 11.8. The highest BCUT2D eigenvalue weighted by atomic mass is 32.2. The number of aromatic nitrogens is 4. The SMILES string of the molecule is CNC(=O)c1ccc(NC(=O)CSc2nnnn2C)cc1. The monoisotopic (exact) mass is 306 g/mol. The van der Waals surface area contributed by atoms with Crippen LogP contribution in [0.4, 0.5) is 5.69 Å². The van der Waals surface area contributed by atoms with Crippen LogP contribution in [0.15, 0.2) is 29.4 Å². The lowest BCUT2D eigenvalue weighted by Crippen LogP contribution is -2.18. The molecule has 0 aliphatic carbocycles. The Morgan fingerprint density at radius 3 is 2.57 bits per heavy atom. The minimum absolute atomic E-state index is 0.168. The highest BCUT2D eigenvalue weighted by Crippen LogP contribution is 2.14. The molecule has 0 atom stereocenters. The first kappa shape index (κ1) is 15.0. The second kappa shape index (κ2) is 6.84. The van der Waals surface area contributed by atoms with Gasteiger partial charge >= 0.3 is 0 Å². The number of aryl methyl sites for hydroxylation is 1. The summed E-state index contributed by atoms with van der Waals surface area (Å²) in [5.41, 5.74) is 1.17. The average molecular weight is 306 g/mol. The van der Waals surface area contributed by atoms with E-state index in [4.69, 9.17) is 0 Å². The first-order valence-electron chi connectivity index (χ1n) is 6.07. The maximum absolute atomic E-state index is 11.8. The summed E-state index contributed by atoms with van der Waals surface area (Å²) in [7, 11) is 3.27. The largest absolute Gasteiger partial charge is 0.355 e. The number of thioether (sulfide) groups is 1. The average Bonchev–Trinajstić information content (AvgIpc) is 2.90. The number of carbonyl (C=O) groups is 2. The first-order chi connectivity index (χ1) is 10.1. The van der Waals surface area contributed by atoms with Crippen molar-refractivity contribution in [1.29, 1.82) is 0 Å². The van der Waals surface area contributed by atoms with Gasteiger partial charge in [0.05, 0.1) is 5.75 Å². The molecule has 9 heteroatoms. The molecular formula is C12H14N6O2S. The van der Waals surface area contributed by atoms with Crippen LogP contribution in [-0.4, -0.2) is 44.8 Å². The molecule has 0 radical (unpaired) electrons. The molecule has 2 rings (SSSR count). The smallest absolute Gasteiger partial charge is 0.251 e.